The van der Waals surface area contributed by atoms with Gasteiger partial charge in [0.25, 0.3) is 0 Å². The van der Waals surface area contributed by atoms with Gasteiger partial charge in [0.1, 0.15) is 18.1 Å². The molecule has 9 N–H and O–H groups in total. The summed E-state index contributed by atoms with van der Waals surface area (Å²) in [7, 11) is 0. The van der Waals surface area contributed by atoms with Crippen LogP contribution in [0.25, 0.3) is 0 Å². The third kappa shape index (κ3) is 12.3. The van der Waals surface area contributed by atoms with Crippen molar-refractivity contribution in [3.05, 3.63) is 35.9 Å². The topological polar surface area (TPSA) is 231 Å². The summed E-state index contributed by atoms with van der Waals surface area (Å²) < 4.78 is 0. The number of carboxylic acids is 2. The number of carbonyl (C=O) groups is 6. The number of aliphatic carboxylic acids is 2. The smallest absolute Gasteiger partial charge is 0.326 e. The van der Waals surface area contributed by atoms with Crippen LogP contribution in [0.1, 0.15) is 51.5 Å². The number of nitrogens with two attached hydrogens (primary N) is 2. The summed E-state index contributed by atoms with van der Waals surface area (Å²) in [5.41, 5.74) is 11.8. The molecule has 0 aliphatic heterocycles. The highest BCUT2D eigenvalue weighted by Crippen LogP contribution is 2.09. The standard InChI is InChI=1S/C25H37N5O8/c1-14(2)12-19(24(36)29-18(25(37)38)8-10-20(27)31)30-23(35)17(9-11-21(32)33)28-22(34)16(26)13-15-6-4-3-5-7-15/h3-7,14,16-19H,8-13,26H2,1-2H3,(H2,27,31)(H,28,34)(H,29,36)(H,30,35)(H,32,33)(H,37,38). The summed E-state index contributed by atoms with van der Waals surface area (Å²) in [5.74, 6) is -5.73. The fourth-order valence-corrected chi connectivity index (χ4v) is 3.57. The minimum Gasteiger partial charge on any atom is -0.481 e. The number of carboxylic acid groups (broad SMARTS) is 2. The van der Waals surface area contributed by atoms with Crippen LogP contribution in [0.4, 0.5) is 0 Å². The Morgan fingerprint density at radius 3 is 1.84 bits per heavy atom. The first-order chi connectivity index (χ1) is 17.8. The predicted octanol–water partition coefficient (Wildman–Crippen LogP) is -0.728. The Hall–Kier alpha value is -4.00. The van der Waals surface area contributed by atoms with Crippen LogP contribution < -0.4 is 27.4 Å². The molecule has 0 saturated carbocycles. The van der Waals surface area contributed by atoms with Gasteiger partial charge in [0.15, 0.2) is 0 Å². The van der Waals surface area contributed by atoms with Gasteiger partial charge in [-0.3, -0.25) is 24.0 Å². The number of benzene rings is 1. The van der Waals surface area contributed by atoms with E-state index in [9.17, 15) is 33.9 Å². The predicted molar refractivity (Wildman–Crippen MR) is 136 cm³/mol. The van der Waals surface area contributed by atoms with Crippen LogP contribution >= 0.6 is 0 Å². The Morgan fingerprint density at radius 2 is 1.32 bits per heavy atom. The third-order valence-electron chi connectivity index (χ3n) is 5.55. The lowest BCUT2D eigenvalue weighted by atomic mass is 10.0. The minimum atomic E-state index is -1.42. The van der Waals surface area contributed by atoms with Crippen molar-refractivity contribution in [1.29, 1.82) is 0 Å². The number of amides is 4. The zero-order chi connectivity index (χ0) is 28.8. The highest BCUT2D eigenvalue weighted by Gasteiger charge is 2.31. The molecular formula is C25H37N5O8. The molecule has 0 bridgehead atoms. The number of hydrogen-bond acceptors (Lipinski definition) is 7. The van der Waals surface area contributed by atoms with E-state index >= 15 is 0 Å². The van der Waals surface area contributed by atoms with Gasteiger partial charge < -0.3 is 37.6 Å². The zero-order valence-corrected chi connectivity index (χ0v) is 21.5. The maximum atomic E-state index is 13.1. The average Bonchev–Trinajstić information content (AvgIpc) is 2.83. The summed E-state index contributed by atoms with van der Waals surface area (Å²) in [4.78, 5) is 72.4. The number of primary amides is 1. The van der Waals surface area contributed by atoms with E-state index in [2.05, 4.69) is 16.0 Å². The van der Waals surface area contributed by atoms with Crippen molar-refractivity contribution in [2.24, 2.45) is 17.4 Å². The molecule has 210 valence electrons. The Labute approximate surface area is 220 Å². The molecule has 0 aromatic heterocycles. The van der Waals surface area contributed by atoms with E-state index < -0.39 is 66.2 Å². The fourth-order valence-electron chi connectivity index (χ4n) is 3.57. The lowest BCUT2D eigenvalue weighted by Crippen LogP contribution is -2.57. The van der Waals surface area contributed by atoms with Crippen molar-refractivity contribution in [1.82, 2.24) is 16.0 Å². The molecule has 1 aromatic rings. The van der Waals surface area contributed by atoms with Gasteiger partial charge in [0.2, 0.25) is 23.6 Å². The molecule has 13 nitrogen and oxygen atoms in total. The molecule has 1 aromatic carbocycles. The zero-order valence-electron chi connectivity index (χ0n) is 21.5. The highest BCUT2D eigenvalue weighted by atomic mass is 16.4. The molecule has 0 fully saturated rings. The van der Waals surface area contributed by atoms with E-state index in [-0.39, 0.29) is 38.0 Å². The highest BCUT2D eigenvalue weighted by molar-refractivity contribution is 5.94. The van der Waals surface area contributed by atoms with Crippen LogP contribution in [0.2, 0.25) is 0 Å². The average molecular weight is 536 g/mol. The summed E-state index contributed by atoms with van der Waals surface area (Å²) in [6.07, 6.45) is -0.924. The number of carbonyl (C=O) groups excluding carboxylic acids is 4. The Bertz CT molecular complexity index is 985. The molecule has 0 aliphatic carbocycles. The molecule has 0 radical (unpaired) electrons. The first-order valence-electron chi connectivity index (χ1n) is 12.2. The Balaban J connectivity index is 2.99. The Morgan fingerprint density at radius 1 is 0.789 bits per heavy atom. The van der Waals surface area contributed by atoms with Crippen LogP contribution in [-0.4, -0.2) is 69.9 Å². The molecule has 13 heteroatoms. The Kier molecular flexibility index (Phi) is 13.5. The van der Waals surface area contributed by atoms with Crippen LogP contribution in [0.3, 0.4) is 0 Å². The van der Waals surface area contributed by atoms with E-state index in [1.54, 1.807) is 38.1 Å². The second-order valence-electron chi connectivity index (χ2n) is 9.38. The largest absolute Gasteiger partial charge is 0.481 e. The van der Waals surface area contributed by atoms with Crippen molar-refractivity contribution < 1.29 is 39.0 Å². The van der Waals surface area contributed by atoms with Gasteiger partial charge in [-0.25, -0.2) is 4.79 Å². The van der Waals surface area contributed by atoms with E-state index in [4.69, 9.17) is 16.6 Å². The van der Waals surface area contributed by atoms with Crippen LogP contribution in [-0.2, 0) is 35.2 Å². The van der Waals surface area contributed by atoms with E-state index in [0.717, 1.165) is 5.56 Å². The lowest BCUT2D eigenvalue weighted by molar-refractivity contribution is -0.142. The van der Waals surface area contributed by atoms with Crippen molar-refractivity contribution >= 4 is 35.6 Å². The van der Waals surface area contributed by atoms with E-state index in [1.165, 1.54) is 0 Å². The molecule has 4 atom stereocenters. The number of hydrogen-bond donors (Lipinski definition) is 7. The van der Waals surface area contributed by atoms with Gasteiger partial charge in [0, 0.05) is 12.8 Å². The summed E-state index contributed by atoms with van der Waals surface area (Å²) >= 11 is 0. The van der Waals surface area contributed by atoms with Gasteiger partial charge in [-0.2, -0.15) is 0 Å². The van der Waals surface area contributed by atoms with Crippen molar-refractivity contribution in [2.45, 2.75) is 76.5 Å². The van der Waals surface area contributed by atoms with Crippen molar-refractivity contribution in [3.63, 3.8) is 0 Å². The normalized spacial score (nSPS) is 14.0. The monoisotopic (exact) mass is 535 g/mol. The molecule has 0 spiro atoms. The van der Waals surface area contributed by atoms with Gasteiger partial charge in [0.05, 0.1) is 6.04 Å². The summed E-state index contributed by atoms with van der Waals surface area (Å²) in [5, 5.41) is 25.7. The molecule has 4 amide bonds. The molecule has 0 heterocycles. The molecule has 38 heavy (non-hydrogen) atoms. The number of nitrogens with one attached hydrogen (secondary N) is 3. The first-order valence-corrected chi connectivity index (χ1v) is 12.2. The van der Waals surface area contributed by atoms with Crippen LogP contribution in [0.5, 0.6) is 0 Å². The van der Waals surface area contributed by atoms with Gasteiger partial charge >= 0.3 is 11.9 Å². The van der Waals surface area contributed by atoms with E-state index in [0.29, 0.717) is 0 Å². The molecule has 1 rings (SSSR count). The van der Waals surface area contributed by atoms with Crippen LogP contribution in [0, 0.1) is 5.92 Å². The number of rotatable bonds is 17. The molecule has 0 saturated heterocycles. The lowest BCUT2D eigenvalue weighted by Gasteiger charge is -2.26. The van der Waals surface area contributed by atoms with Crippen molar-refractivity contribution in [2.75, 3.05) is 0 Å². The third-order valence-corrected chi connectivity index (χ3v) is 5.55. The molecule has 0 aliphatic rings. The second kappa shape index (κ2) is 16.0. The van der Waals surface area contributed by atoms with Gasteiger partial charge in [-0.05, 0) is 37.2 Å². The van der Waals surface area contributed by atoms with Gasteiger partial charge in [-0.1, -0.05) is 44.2 Å². The van der Waals surface area contributed by atoms with Gasteiger partial charge in [-0.15, -0.1) is 0 Å². The minimum absolute atomic E-state index is 0.105. The second-order valence-corrected chi connectivity index (χ2v) is 9.38. The maximum Gasteiger partial charge on any atom is 0.326 e. The summed E-state index contributed by atoms with van der Waals surface area (Å²) in [6.45, 7) is 3.56. The van der Waals surface area contributed by atoms with Crippen molar-refractivity contribution in [3.8, 4) is 0 Å². The maximum absolute atomic E-state index is 13.1. The fraction of sp³-hybridized carbons (Fsp3) is 0.520. The SMILES string of the molecule is CC(C)CC(NC(=O)C(CCC(=O)O)NC(=O)C(N)Cc1ccccc1)C(=O)NC(CCC(N)=O)C(=O)O. The summed E-state index contributed by atoms with van der Waals surface area (Å²) in [6, 6.07) is 4.00. The first kappa shape index (κ1) is 32.0. The van der Waals surface area contributed by atoms with E-state index in [1.807, 2.05) is 6.07 Å². The molecular weight excluding hydrogens is 498 g/mol. The quantitative estimate of drug-likeness (QED) is 0.133. The van der Waals surface area contributed by atoms with Crippen LogP contribution in [0.15, 0.2) is 30.3 Å². The molecule has 4 unspecified atom stereocenters.